The number of thioether (sulfide) groups is 1. The minimum atomic E-state index is 0.159. The number of aromatic nitrogens is 1. The molecule has 1 aromatic heterocycles. The third-order valence-electron chi connectivity index (χ3n) is 5.64. The molecule has 1 saturated heterocycles. The van der Waals surface area contributed by atoms with E-state index in [1.165, 1.54) is 4.90 Å². The number of thiazole rings is 1. The minimum Gasteiger partial charge on any atom is -0.497 e. The van der Waals surface area contributed by atoms with Crippen LogP contribution in [0.4, 0.5) is 5.13 Å². The highest BCUT2D eigenvalue weighted by molar-refractivity contribution is 7.99. The molecule has 2 aromatic carbocycles. The monoisotopic (exact) mass is 485 g/mol. The number of nitrogens with zero attached hydrogens (tertiary/aromatic N) is 3. The van der Waals surface area contributed by atoms with Gasteiger partial charge in [0.15, 0.2) is 5.13 Å². The van der Waals surface area contributed by atoms with E-state index in [4.69, 9.17) is 14.5 Å². The van der Waals surface area contributed by atoms with Crippen LogP contribution < -0.4 is 9.64 Å². The Balaban J connectivity index is 1.33. The first-order chi connectivity index (χ1) is 16.2. The number of hydrogen-bond acceptors (Lipinski definition) is 7. The lowest BCUT2D eigenvalue weighted by Crippen LogP contribution is -2.39. The zero-order valence-electron chi connectivity index (χ0n) is 19.1. The molecule has 33 heavy (non-hydrogen) atoms. The number of hydrogen-bond donors (Lipinski definition) is 0. The molecule has 176 valence electrons. The number of methoxy groups -OCH3 is 1. The summed E-state index contributed by atoms with van der Waals surface area (Å²) in [7, 11) is 1.67. The molecular weight excluding hydrogens is 454 g/mol. The van der Waals surface area contributed by atoms with Crippen molar-refractivity contribution in [3.63, 3.8) is 0 Å². The van der Waals surface area contributed by atoms with E-state index in [1.54, 1.807) is 30.2 Å². The van der Waals surface area contributed by atoms with Crippen LogP contribution in [0.3, 0.4) is 0 Å². The quantitative estimate of drug-likeness (QED) is 0.283. The first-order valence-electron chi connectivity index (χ1n) is 11.5. The van der Waals surface area contributed by atoms with E-state index in [-0.39, 0.29) is 5.91 Å². The van der Waals surface area contributed by atoms with Crippen LogP contribution in [-0.2, 0) is 9.53 Å². The Labute approximate surface area is 203 Å². The average molecular weight is 486 g/mol. The van der Waals surface area contributed by atoms with Gasteiger partial charge in [-0.25, -0.2) is 4.98 Å². The van der Waals surface area contributed by atoms with Crippen LogP contribution in [-0.4, -0.2) is 68.0 Å². The highest BCUT2D eigenvalue weighted by atomic mass is 32.2. The van der Waals surface area contributed by atoms with Gasteiger partial charge in [-0.3, -0.25) is 14.6 Å². The molecule has 1 aliphatic heterocycles. The summed E-state index contributed by atoms with van der Waals surface area (Å²) in [5.41, 5.74) is 0.957. The summed E-state index contributed by atoms with van der Waals surface area (Å²) in [6.07, 6.45) is 2.29. The maximum absolute atomic E-state index is 13.2. The maximum atomic E-state index is 13.2. The van der Waals surface area contributed by atoms with E-state index in [2.05, 4.69) is 23.1 Å². The predicted molar refractivity (Wildman–Crippen MR) is 137 cm³/mol. The Morgan fingerprint density at radius 1 is 1.15 bits per heavy atom. The molecule has 3 aromatic rings. The summed E-state index contributed by atoms with van der Waals surface area (Å²) >= 11 is 3.37. The summed E-state index contributed by atoms with van der Waals surface area (Å²) in [5, 5.41) is 0.811. The highest BCUT2D eigenvalue weighted by Crippen LogP contribution is 2.29. The molecule has 1 fully saturated rings. The van der Waals surface area contributed by atoms with Gasteiger partial charge in [0.05, 0.1) is 30.5 Å². The van der Waals surface area contributed by atoms with Crippen LogP contribution >= 0.6 is 23.1 Å². The van der Waals surface area contributed by atoms with Crippen molar-refractivity contribution in [1.82, 2.24) is 9.88 Å². The van der Waals surface area contributed by atoms with Crippen LogP contribution in [0, 0.1) is 0 Å². The fraction of sp³-hybridized carbons (Fsp3) is 0.440. The summed E-state index contributed by atoms with van der Waals surface area (Å²) < 4.78 is 11.8. The number of benzene rings is 2. The average Bonchev–Trinajstić information content (AvgIpc) is 3.29. The zero-order chi connectivity index (χ0) is 22.9. The van der Waals surface area contributed by atoms with Gasteiger partial charge in [-0.05, 0) is 55.0 Å². The molecule has 0 saturated carbocycles. The largest absolute Gasteiger partial charge is 0.497 e. The van der Waals surface area contributed by atoms with Crippen molar-refractivity contribution in [1.29, 1.82) is 0 Å². The van der Waals surface area contributed by atoms with Crippen molar-refractivity contribution in [3.8, 4) is 5.75 Å². The standard InChI is InChI=1S/C25H31N3O3S2/c1-30-20-9-11-21(12-10-20)32-19-4-8-24(29)28(14-5-13-27-15-17-31-18-16-27)25-26-22-6-2-3-7-23(22)33-25/h2-3,6-7,9-12H,4-5,8,13-19H2,1H3. The Kier molecular flexibility index (Phi) is 9.00. The zero-order valence-corrected chi connectivity index (χ0v) is 20.7. The molecular formula is C25H31N3O3S2. The summed E-state index contributed by atoms with van der Waals surface area (Å²) in [6.45, 7) is 5.21. The predicted octanol–water partition coefficient (Wildman–Crippen LogP) is 4.93. The number of amides is 1. The third kappa shape index (κ3) is 6.93. The van der Waals surface area contributed by atoms with Crippen LogP contribution in [0.25, 0.3) is 10.2 Å². The first-order valence-corrected chi connectivity index (χ1v) is 13.3. The molecule has 0 atom stereocenters. The van der Waals surface area contributed by atoms with Crippen molar-refractivity contribution in [3.05, 3.63) is 48.5 Å². The fourth-order valence-corrected chi connectivity index (χ4v) is 5.66. The van der Waals surface area contributed by atoms with Gasteiger partial charge >= 0.3 is 0 Å². The molecule has 0 unspecified atom stereocenters. The van der Waals surface area contributed by atoms with E-state index < -0.39 is 0 Å². The molecule has 2 heterocycles. The second kappa shape index (κ2) is 12.4. The number of carbonyl (C=O) groups is 1. The Morgan fingerprint density at radius 3 is 2.70 bits per heavy atom. The maximum Gasteiger partial charge on any atom is 0.228 e. The normalized spacial score (nSPS) is 14.5. The first kappa shape index (κ1) is 24.0. The molecule has 0 bridgehead atoms. The van der Waals surface area contributed by atoms with Gasteiger partial charge in [-0.1, -0.05) is 23.5 Å². The van der Waals surface area contributed by atoms with Gasteiger partial charge in [0.1, 0.15) is 5.75 Å². The van der Waals surface area contributed by atoms with E-state index in [1.807, 2.05) is 35.2 Å². The summed E-state index contributed by atoms with van der Waals surface area (Å²) in [5.74, 6) is 1.92. The fourth-order valence-electron chi connectivity index (χ4n) is 3.80. The number of carbonyl (C=O) groups excluding carboxylic acids is 1. The van der Waals surface area contributed by atoms with E-state index in [9.17, 15) is 4.79 Å². The smallest absolute Gasteiger partial charge is 0.228 e. The lowest BCUT2D eigenvalue weighted by Gasteiger charge is -2.27. The SMILES string of the molecule is COc1ccc(SCCCC(=O)N(CCCN2CCOCC2)c2nc3ccccc3s2)cc1. The number of fused-ring (bicyclic) bond motifs is 1. The third-order valence-corrected chi connectivity index (χ3v) is 7.80. The van der Waals surface area contributed by atoms with Crippen LogP contribution in [0.15, 0.2) is 53.4 Å². The molecule has 0 aliphatic carbocycles. The van der Waals surface area contributed by atoms with E-state index in [0.717, 1.165) is 72.5 Å². The lowest BCUT2D eigenvalue weighted by atomic mass is 10.2. The second-order valence-corrected chi connectivity index (χ2v) is 10.1. The van der Waals surface area contributed by atoms with E-state index in [0.29, 0.717) is 13.0 Å². The summed E-state index contributed by atoms with van der Waals surface area (Å²) in [4.78, 5) is 23.5. The second-order valence-electron chi connectivity index (χ2n) is 7.94. The number of rotatable bonds is 11. The molecule has 1 aliphatic rings. The van der Waals surface area contributed by atoms with Gasteiger partial charge in [-0.15, -0.1) is 11.8 Å². The summed E-state index contributed by atoms with van der Waals surface area (Å²) in [6, 6.07) is 16.1. The van der Waals surface area contributed by atoms with Crippen molar-refractivity contribution in [2.75, 3.05) is 57.2 Å². The van der Waals surface area contributed by atoms with Crippen molar-refractivity contribution >= 4 is 44.4 Å². The molecule has 1 amide bonds. The molecule has 0 spiro atoms. The van der Waals surface area contributed by atoms with Gasteiger partial charge in [0.2, 0.25) is 5.91 Å². The van der Waals surface area contributed by atoms with Gasteiger partial charge < -0.3 is 9.47 Å². The van der Waals surface area contributed by atoms with Crippen molar-refractivity contribution < 1.29 is 14.3 Å². The number of para-hydroxylation sites is 1. The lowest BCUT2D eigenvalue weighted by molar-refractivity contribution is -0.118. The highest BCUT2D eigenvalue weighted by Gasteiger charge is 2.20. The van der Waals surface area contributed by atoms with Crippen molar-refractivity contribution in [2.45, 2.75) is 24.2 Å². The van der Waals surface area contributed by atoms with E-state index >= 15 is 0 Å². The number of anilines is 1. The molecule has 0 N–H and O–H groups in total. The van der Waals surface area contributed by atoms with Crippen LogP contribution in [0.2, 0.25) is 0 Å². The van der Waals surface area contributed by atoms with Crippen LogP contribution in [0.5, 0.6) is 5.75 Å². The van der Waals surface area contributed by atoms with Gasteiger partial charge in [0, 0.05) is 37.5 Å². The van der Waals surface area contributed by atoms with Gasteiger partial charge in [-0.2, -0.15) is 0 Å². The number of ether oxygens (including phenoxy) is 2. The number of morpholine rings is 1. The minimum absolute atomic E-state index is 0.159. The van der Waals surface area contributed by atoms with Gasteiger partial charge in [0.25, 0.3) is 0 Å². The topological polar surface area (TPSA) is 54.9 Å². The van der Waals surface area contributed by atoms with Crippen molar-refractivity contribution in [2.24, 2.45) is 0 Å². The molecule has 6 nitrogen and oxygen atoms in total. The Morgan fingerprint density at radius 2 is 1.94 bits per heavy atom. The molecule has 4 rings (SSSR count). The molecule has 8 heteroatoms. The molecule has 0 radical (unpaired) electrons. The Bertz CT molecular complexity index is 986. The Hall–Kier alpha value is -2.13. The van der Waals surface area contributed by atoms with Crippen LogP contribution in [0.1, 0.15) is 19.3 Å².